The van der Waals surface area contributed by atoms with E-state index in [0.717, 1.165) is 96.3 Å². The number of hydrogen-bond donors (Lipinski definition) is 6. The number of aliphatic imine (C=N–C) groups is 3. The van der Waals surface area contributed by atoms with Crippen LogP contribution < -0.4 is 28.4 Å². The molecule has 19 heteroatoms. The molecule has 0 unspecified atom stereocenters. The standard InChI is InChI=1S/C84H114N4O15/c89-79-61-76(101-58-28-22-16-10-4-1-7-13-19-25-55-98-73-40-31-67(32-41-73)82(92)93)46-37-70(79)64-85-49-52-88(53-50-86-65-71-38-47-77(62-80(71)90)102-59-29-23-17-11-5-2-8-14-20-26-56-99-74-42-33-68(34-43-74)83(94)95)54-51-87-66-72-39-48-78(63-81(72)91)103-60-30-24-18-12-6-3-9-15-21-27-57-100-75-44-35-69(36-45-75)84(96)97/h31-48,61-66,89-91H,1-30,49-60H2,(H,92,93)(H,94,95)(H,96,97). The molecule has 6 aromatic carbocycles. The van der Waals surface area contributed by atoms with Gasteiger partial charge in [-0.15, -0.1) is 0 Å². The number of phenolic OH excluding ortho intramolecular Hbond substituents is 3. The maximum Gasteiger partial charge on any atom is 0.335 e. The Labute approximate surface area is 611 Å². The van der Waals surface area contributed by atoms with E-state index in [4.69, 9.17) is 43.7 Å². The molecule has 0 aliphatic rings. The van der Waals surface area contributed by atoms with E-state index in [2.05, 4.69) is 19.9 Å². The topological polar surface area (TPSA) is 268 Å². The third-order valence-electron chi connectivity index (χ3n) is 17.9. The number of carbonyl (C=O) groups is 3. The number of hydrogen-bond acceptors (Lipinski definition) is 16. The lowest BCUT2D eigenvalue weighted by Gasteiger charge is -2.19. The highest BCUT2D eigenvalue weighted by molar-refractivity contribution is 5.89. The molecule has 0 bridgehead atoms. The highest BCUT2D eigenvalue weighted by Crippen LogP contribution is 2.27. The first-order valence-corrected chi connectivity index (χ1v) is 37.9. The summed E-state index contributed by atoms with van der Waals surface area (Å²) in [5, 5.41) is 59.9. The number of benzene rings is 6. The smallest absolute Gasteiger partial charge is 0.335 e. The number of nitrogens with zero attached hydrogens (tertiary/aromatic N) is 4. The molecule has 0 aliphatic heterocycles. The van der Waals surface area contributed by atoms with Gasteiger partial charge in [0, 0.05) is 73.2 Å². The van der Waals surface area contributed by atoms with Gasteiger partial charge in [-0.1, -0.05) is 154 Å². The maximum atomic E-state index is 11.0. The quantitative estimate of drug-likeness (QED) is 0.0153. The zero-order chi connectivity index (χ0) is 73.0. The van der Waals surface area contributed by atoms with Crippen LogP contribution in [0.5, 0.6) is 51.7 Å². The fourth-order valence-electron chi connectivity index (χ4n) is 11.7. The van der Waals surface area contributed by atoms with Gasteiger partial charge in [-0.25, -0.2) is 14.4 Å². The Balaban J connectivity index is 0.841. The van der Waals surface area contributed by atoms with Gasteiger partial charge >= 0.3 is 17.9 Å². The summed E-state index contributed by atoms with van der Waals surface area (Å²) in [5.74, 6) is 1.46. The van der Waals surface area contributed by atoms with Gasteiger partial charge in [-0.2, -0.15) is 0 Å². The molecule has 0 fully saturated rings. The number of carboxylic acids is 3. The molecule has 560 valence electrons. The first kappa shape index (κ1) is 82.9. The highest BCUT2D eigenvalue weighted by atomic mass is 16.5. The van der Waals surface area contributed by atoms with E-state index in [1.807, 2.05) is 36.4 Å². The Morgan fingerprint density at radius 3 is 0.650 bits per heavy atom. The van der Waals surface area contributed by atoms with Crippen LogP contribution in [0, 0.1) is 0 Å². The van der Waals surface area contributed by atoms with Crippen molar-refractivity contribution >= 4 is 36.6 Å². The summed E-state index contributed by atoms with van der Waals surface area (Å²) >= 11 is 0. The first-order valence-electron chi connectivity index (χ1n) is 37.9. The maximum absolute atomic E-state index is 11.0. The predicted octanol–water partition coefficient (Wildman–Crippen LogP) is 18.9. The minimum atomic E-state index is -0.939. The molecule has 0 heterocycles. The lowest BCUT2D eigenvalue weighted by molar-refractivity contribution is 0.0686. The van der Waals surface area contributed by atoms with Crippen molar-refractivity contribution in [3.05, 3.63) is 161 Å². The lowest BCUT2D eigenvalue weighted by atomic mass is 10.1. The van der Waals surface area contributed by atoms with Crippen molar-refractivity contribution in [2.24, 2.45) is 15.0 Å². The third-order valence-corrected chi connectivity index (χ3v) is 17.9. The molecule has 0 radical (unpaired) electrons. The number of carboxylic acid groups (broad SMARTS) is 3. The molecule has 6 aromatic rings. The summed E-state index contributed by atoms with van der Waals surface area (Å²) in [6.07, 6.45) is 39.1. The van der Waals surface area contributed by atoms with Gasteiger partial charge in [0.25, 0.3) is 0 Å². The van der Waals surface area contributed by atoms with Gasteiger partial charge < -0.3 is 59.1 Å². The molecule has 0 saturated carbocycles. The third kappa shape index (κ3) is 37.1. The summed E-state index contributed by atoms with van der Waals surface area (Å²) in [6.45, 7) is 6.88. The van der Waals surface area contributed by atoms with Crippen molar-refractivity contribution in [3.63, 3.8) is 0 Å². The van der Waals surface area contributed by atoms with Gasteiger partial charge in [0.2, 0.25) is 0 Å². The zero-order valence-electron chi connectivity index (χ0n) is 60.7. The summed E-state index contributed by atoms with van der Waals surface area (Å²) in [5.41, 5.74) is 2.58. The molecule has 0 atom stereocenters. The van der Waals surface area contributed by atoms with Crippen LogP contribution in [0.15, 0.2) is 142 Å². The monoisotopic (exact) mass is 1420 g/mol. The molecule has 6 N–H and O–H groups in total. The Morgan fingerprint density at radius 1 is 0.272 bits per heavy atom. The first-order chi connectivity index (χ1) is 50.4. The summed E-state index contributed by atoms with van der Waals surface area (Å²) in [4.78, 5) is 49.4. The molecule has 6 rings (SSSR count). The van der Waals surface area contributed by atoms with E-state index < -0.39 is 17.9 Å². The second-order valence-electron chi connectivity index (χ2n) is 26.3. The molecule has 103 heavy (non-hydrogen) atoms. The van der Waals surface area contributed by atoms with Gasteiger partial charge in [0.05, 0.1) is 76.0 Å². The van der Waals surface area contributed by atoms with Gasteiger partial charge in [0.15, 0.2) is 0 Å². The minimum absolute atomic E-state index is 0.104. The molecule has 0 saturated heterocycles. The number of ether oxygens (including phenoxy) is 6. The van der Waals surface area contributed by atoms with Crippen molar-refractivity contribution in [1.82, 2.24) is 4.90 Å². The van der Waals surface area contributed by atoms with Gasteiger partial charge in [-0.3, -0.25) is 19.9 Å². The predicted molar refractivity (Wildman–Crippen MR) is 410 cm³/mol. The number of unbranched alkanes of at least 4 members (excludes halogenated alkanes) is 27. The van der Waals surface area contributed by atoms with E-state index in [1.54, 1.807) is 110 Å². The fraction of sp³-hybridized carbons (Fsp3) is 0.500. The van der Waals surface area contributed by atoms with Crippen LogP contribution in [-0.4, -0.2) is 151 Å². The van der Waals surface area contributed by atoms with E-state index in [-0.39, 0.29) is 33.9 Å². The zero-order valence-corrected chi connectivity index (χ0v) is 60.7. The van der Waals surface area contributed by atoms with Crippen LogP contribution in [0.2, 0.25) is 0 Å². The van der Waals surface area contributed by atoms with E-state index in [1.165, 1.54) is 96.3 Å². The van der Waals surface area contributed by atoms with Crippen LogP contribution in [0.1, 0.15) is 240 Å². The fourth-order valence-corrected chi connectivity index (χ4v) is 11.7. The molecule has 0 amide bonds. The average Bonchev–Trinajstić information content (AvgIpc) is 0.919. The van der Waals surface area contributed by atoms with E-state index >= 15 is 0 Å². The van der Waals surface area contributed by atoms with Crippen LogP contribution in [0.3, 0.4) is 0 Å². The van der Waals surface area contributed by atoms with Gasteiger partial charge in [-0.05, 0) is 148 Å². The second-order valence-corrected chi connectivity index (χ2v) is 26.3. The second kappa shape index (κ2) is 51.9. The molecule has 0 aromatic heterocycles. The Kier molecular flexibility index (Phi) is 41.8. The van der Waals surface area contributed by atoms with Crippen molar-refractivity contribution < 1.29 is 73.4 Å². The van der Waals surface area contributed by atoms with Crippen molar-refractivity contribution in [1.29, 1.82) is 0 Å². The Hall–Kier alpha value is -9.10. The number of rotatable bonds is 60. The average molecular weight is 1420 g/mol. The minimum Gasteiger partial charge on any atom is -0.507 e. The molecular weight excluding hydrogens is 1300 g/mol. The Bertz CT molecular complexity index is 3040. The largest absolute Gasteiger partial charge is 0.507 e. The van der Waals surface area contributed by atoms with Crippen LogP contribution in [0.25, 0.3) is 0 Å². The molecule has 19 nitrogen and oxygen atoms in total. The van der Waals surface area contributed by atoms with Crippen molar-refractivity contribution in [2.45, 2.75) is 193 Å². The van der Waals surface area contributed by atoms with Crippen molar-refractivity contribution in [3.8, 4) is 51.7 Å². The SMILES string of the molecule is O=C(O)c1ccc(OCCCCCCCCCCCCOc2ccc(C=NCCN(CCN=Cc3ccc(OCCCCCCCCCCCCOc4ccc(C(=O)O)cc4)cc3O)CCN=Cc3ccc(OCCCCCCCCCCCCOc4ccc(C(=O)O)cc4)cc3O)c(O)c2)cc1. The highest BCUT2D eigenvalue weighted by Gasteiger charge is 2.11. The number of aromatic carboxylic acids is 3. The molecule has 0 aliphatic carbocycles. The lowest BCUT2D eigenvalue weighted by Crippen LogP contribution is -2.31. The van der Waals surface area contributed by atoms with Crippen molar-refractivity contribution in [2.75, 3.05) is 78.9 Å². The number of phenols is 3. The van der Waals surface area contributed by atoms with E-state index in [9.17, 15) is 29.7 Å². The Morgan fingerprint density at radius 2 is 0.456 bits per heavy atom. The molecule has 0 spiro atoms. The normalized spacial score (nSPS) is 11.5. The van der Waals surface area contributed by atoms with Crippen LogP contribution in [0.4, 0.5) is 0 Å². The summed E-state index contributed by atoms with van der Waals surface area (Å²) in [7, 11) is 0. The van der Waals surface area contributed by atoms with Gasteiger partial charge in [0.1, 0.15) is 51.7 Å². The summed E-state index contributed by atoms with van der Waals surface area (Å²) in [6, 6.07) is 35.6. The van der Waals surface area contributed by atoms with Crippen LogP contribution >= 0.6 is 0 Å². The van der Waals surface area contributed by atoms with Crippen LogP contribution in [-0.2, 0) is 0 Å². The number of aromatic hydroxyl groups is 3. The van der Waals surface area contributed by atoms with E-state index in [0.29, 0.717) is 130 Å². The summed E-state index contributed by atoms with van der Waals surface area (Å²) < 4.78 is 35.2. The molecular formula is C84H114N4O15.